The molecule has 96 valence electrons. The molecular formula is C13H20O4. The van der Waals surface area contributed by atoms with Gasteiger partial charge >= 0.3 is 0 Å². The lowest BCUT2D eigenvalue weighted by Crippen LogP contribution is -2.08. The van der Waals surface area contributed by atoms with Gasteiger partial charge in [0.25, 0.3) is 0 Å². The van der Waals surface area contributed by atoms with E-state index in [1.54, 1.807) is 32.2 Å². The van der Waals surface area contributed by atoms with E-state index < -0.39 is 6.10 Å². The molecule has 0 radical (unpaired) electrons. The maximum atomic E-state index is 9.62. The summed E-state index contributed by atoms with van der Waals surface area (Å²) in [6.45, 7) is 5.31. The van der Waals surface area contributed by atoms with Crippen molar-refractivity contribution in [3.8, 4) is 11.5 Å². The molecule has 0 amide bonds. The van der Waals surface area contributed by atoms with Gasteiger partial charge in [-0.1, -0.05) is 0 Å². The minimum absolute atomic E-state index is 0.459. The lowest BCUT2D eigenvalue weighted by atomic mass is 10.1. The van der Waals surface area contributed by atoms with Crippen LogP contribution in [0, 0.1) is 0 Å². The van der Waals surface area contributed by atoms with Crippen molar-refractivity contribution in [2.75, 3.05) is 26.9 Å². The van der Waals surface area contributed by atoms with E-state index in [0.29, 0.717) is 31.3 Å². The molecule has 17 heavy (non-hydrogen) atoms. The van der Waals surface area contributed by atoms with Crippen LogP contribution < -0.4 is 9.47 Å². The third kappa shape index (κ3) is 4.24. The second-order valence-corrected chi connectivity index (χ2v) is 3.63. The maximum absolute atomic E-state index is 9.62. The Morgan fingerprint density at radius 2 is 2.06 bits per heavy atom. The number of methoxy groups -OCH3 is 1. The molecule has 0 spiro atoms. The van der Waals surface area contributed by atoms with Crippen LogP contribution in [0.5, 0.6) is 11.5 Å². The summed E-state index contributed by atoms with van der Waals surface area (Å²) in [4.78, 5) is 0. The van der Waals surface area contributed by atoms with Crippen LogP contribution >= 0.6 is 0 Å². The first-order valence-corrected chi connectivity index (χ1v) is 5.75. The molecule has 0 saturated heterocycles. The van der Waals surface area contributed by atoms with Gasteiger partial charge in [0.2, 0.25) is 0 Å². The van der Waals surface area contributed by atoms with E-state index in [-0.39, 0.29) is 0 Å². The van der Waals surface area contributed by atoms with Crippen LogP contribution in [0.25, 0.3) is 0 Å². The minimum atomic E-state index is -0.567. The number of hydrogen-bond donors (Lipinski definition) is 1. The molecule has 1 N–H and O–H groups in total. The molecule has 0 saturated carbocycles. The zero-order valence-electron chi connectivity index (χ0n) is 10.6. The molecule has 0 bridgehead atoms. The number of ether oxygens (including phenoxy) is 3. The van der Waals surface area contributed by atoms with Crippen LogP contribution in [-0.2, 0) is 4.74 Å². The van der Waals surface area contributed by atoms with Crippen LogP contribution in [-0.4, -0.2) is 32.0 Å². The molecule has 1 aromatic rings. The summed E-state index contributed by atoms with van der Waals surface area (Å²) in [5.41, 5.74) is 0.752. The maximum Gasteiger partial charge on any atom is 0.128 e. The first-order chi connectivity index (χ1) is 8.19. The molecule has 1 aromatic carbocycles. The Labute approximate surface area is 102 Å². The predicted octanol–water partition coefficient (Wildman–Crippen LogP) is 2.16. The van der Waals surface area contributed by atoms with E-state index in [9.17, 15) is 5.11 Å². The first kappa shape index (κ1) is 13.8. The number of hydrogen-bond acceptors (Lipinski definition) is 4. The molecular weight excluding hydrogens is 220 g/mol. The summed E-state index contributed by atoms with van der Waals surface area (Å²) in [7, 11) is 1.60. The van der Waals surface area contributed by atoms with Crippen LogP contribution in [0.2, 0.25) is 0 Å². The second kappa shape index (κ2) is 7.14. The van der Waals surface area contributed by atoms with Gasteiger partial charge in [0.05, 0.1) is 19.8 Å². The first-order valence-electron chi connectivity index (χ1n) is 5.75. The molecule has 1 unspecified atom stereocenters. The predicted molar refractivity (Wildman–Crippen MR) is 65.6 cm³/mol. The summed E-state index contributed by atoms with van der Waals surface area (Å²) in [6, 6.07) is 5.38. The van der Waals surface area contributed by atoms with E-state index in [1.165, 1.54) is 0 Å². The summed E-state index contributed by atoms with van der Waals surface area (Å²) in [6.07, 6.45) is -0.567. The molecule has 0 aliphatic rings. The van der Waals surface area contributed by atoms with E-state index in [4.69, 9.17) is 14.2 Å². The molecule has 0 heterocycles. The van der Waals surface area contributed by atoms with E-state index in [2.05, 4.69) is 0 Å². The average molecular weight is 240 g/mol. The summed E-state index contributed by atoms with van der Waals surface area (Å²) in [5.74, 6) is 1.35. The average Bonchev–Trinajstić information content (AvgIpc) is 2.34. The van der Waals surface area contributed by atoms with Crippen molar-refractivity contribution in [3.63, 3.8) is 0 Å². The van der Waals surface area contributed by atoms with Gasteiger partial charge in [-0.2, -0.15) is 0 Å². The van der Waals surface area contributed by atoms with Crippen LogP contribution in [0.3, 0.4) is 0 Å². The van der Waals surface area contributed by atoms with Crippen LogP contribution in [0.15, 0.2) is 18.2 Å². The normalized spacial score (nSPS) is 12.2. The van der Waals surface area contributed by atoms with Gasteiger partial charge in [-0.25, -0.2) is 0 Å². The van der Waals surface area contributed by atoms with Gasteiger partial charge in [0, 0.05) is 18.2 Å². The quantitative estimate of drug-likeness (QED) is 0.742. The Morgan fingerprint density at radius 1 is 1.29 bits per heavy atom. The third-order valence-corrected chi connectivity index (χ3v) is 2.36. The SMILES string of the molecule is CCOCCOc1cc(OC)ccc1C(C)O. The van der Waals surface area contributed by atoms with Crippen molar-refractivity contribution >= 4 is 0 Å². The highest BCUT2D eigenvalue weighted by Gasteiger charge is 2.10. The van der Waals surface area contributed by atoms with Gasteiger partial charge in [-0.15, -0.1) is 0 Å². The van der Waals surface area contributed by atoms with Gasteiger partial charge in [-0.3, -0.25) is 0 Å². The zero-order valence-corrected chi connectivity index (χ0v) is 10.6. The van der Waals surface area contributed by atoms with Crippen molar-refractivity contribution in [2.24, 2.45) is 0 Å². The van der Waals surface area contributed by atoms with Gasteiger partial charge in [0.15, 0.2) is 0 Å². The summed E-state index contributed by atoms with van der Waals surface area (Å²) in [5, 5.41) is 9.62. The molecule has 4 heteroatoms. The fraction of sp³-hybridized carbons (Fsp3) is 0.538. The van der Waals surface area contributed by atoms with E-state index >= 15 is 0 Å². The van der Waals surface area contributed by atoms with Crippen molar-refractivity contribution < 1.29 is 19.3 Å². The fourth-order valence-corrected chi connectivity index (χ4v) is 1.47. The standard InChI is InChI=1S/C13H20O4/c1-4-16-7-8-17-13-9-11(15-3)5-6-12(13)10(2)14/h5-6,9-10,14H,4,7-8H2,1-3H3. The van der Waals surface area contributed by atoms with Crippen molar-refractivity contribution in [2.45, 2.75) is 20.0 Å². The largest absolute Gasteiger partial charge is 0.497 e. The Hall–Kier alpha value is -1.26. The molecule has 0 fully saturated rings. The molecule has 4 nitrogen and oxygen atoms in total. The lowest BCUT2D eigenvalue weighted by molar-refractivity contribution is 0.107. The molecule has 0 aliphatic heterocycles. The number of benzene rings is 1. The Balaban J connectivity index is 2.71. The topological polar surface area (TPSA) is 47.9 Å². The van der Waals surface area contributed by atoms with Crippen LogP contribution in [0.4, 0.5) is 0 Å². The monoisotopic (exact) mass is 240 g/mol. The molecule has 0 aliphatic carbocycles. The van der Waals surface area contributed by atoms with Crippen molar-refractivity contribution in [3.05, 3.63) is 23.8 Å². The summed E-state index contributed by atoms with van der Waals surface area (Å²) < 4.78 is 15.9. The van der Waals surface area contributed by atoms with Crippen molar-refractivity contribution in [1.82, 2.24) is 0 Å². The van der Waals surface area contributed by atoms with Crippen molar-refractivity contribution in [1.29, 1.82) is 0 Å². The third-order valence-electron chi connectivity index (χ3n) is 2.36. The smallest absolute Gasteiger partial charge is 0.128 e. The van der Waals surface area contributed by atoms with Gasteiger partial charge in [-0.05, 0) is 26.0 Å². The zero-order chi connectivity index (χ0) is 12.7. The highest BCUT2D eigenvalue weighted by molar-refractivity contribution is 5.41. The van der Waals surface area contributed by atoms with E-state index in [1.807, 2.05) is 6.92 Å². The number of rotatable bonds is 7. The molecule has 1 atom stereocenters. The van der Waals surface area contributed by atoms with Crippen LogP contribution in [0.1, 0.15) is 25.5 Å². The van der Waals surface area contributed by atoms with Gasteiger partial charge < -0.3 is 19.3 Å². The highest BCUT2D eigenvalue weighted by atomic mass is 16.5. The number of aliphatic hydroxyl groups excluding tert-OH is 1. The molecule has 1 rings (SSSR count). The Bertz CT molecular complexity index is 336. The molecule has 0 aromatic heterocycles. The van der Waals surface area contributed by atoms with Gasteiger partial charge in [0.1, 0.15) is 18.1 Å². The van der Waals surface area contributed by atoms with E-state index in [0.717, 1.165) is 5.56 Å². The second-order valence-electron chi connectivity index (χ2n) is 3.63. The summed E-state index contributed by atoms with van der Waals surface area (Å²) >= 11 is 0. The lowest BCUT2D eigenvalue weighted by Gasteiger charge is -2.14. The Morgan fingerprint density at radius 3 is 2.65 bits per heavy atom. The fourth-order valence-electron chi connectivity index (χ4n) is 1.47. The number of aliphatic hydroxyl groups is 1. The Kier molecular flexibility index (Phi) is 5.80. The highest BCUT2D eigenvalue weighted by Crippen LogP contribution is 2.29. The minimum Gasteiger partial charge on any atom is -0.497 e.